The average molecular weight is 300 g/mol. The summed E-state index contributed by atoms with van der Waals surface area (Å²) in [6, 6.07) is 8.77. The fraction of sp³-hybridized carbons (Fsp3) is 0.312. The Morgan fingerprint density at radius 3 is 2.86 bits per heavy atom. The Hall–Kier alpha value is -2.47. The van der Waals surface area contributed by atoms with Crippen LogP contribution in [0.15, 0.2) is 35.1 Å². The Kier molecular flexibility index (Phi) is 5.43. The minimum absolute atomic E-state index is 0.0599. The van der Waals surface area contributed by atoms with Crippen molar-refractivity contribution in [1.29, 1.82) is 0 Å². The topological polar surface area (TPSA) is 86.9 Å². The van der Waals surface area contributed by atoms with E-state index in [-0.39, 0.29) is 11.5 Å². The van der Waals surface area contributed by atoms with Crippen LogP contribution in [0.2, 0.25) is 0 Å². The van der Waals surface area contributed by atoms with Crippen LogP contribution in [-0.2, 0) is 11.2 Å². The molecule has 0 atom stereocenters. The predicted octanol–water partition coefficient (Wildman–Crippen LogP) is 1.55. The van der Waals surface area contributed by atoms with Crippen LogP contribution in [0.25, 0.3) is 11.4 Å². The largest absolute Gasteiger partial charge is 0.326 e. The molecule has 0 bridgehead atoms. The van der Waals surface area contributed by atoms with Gasteiger partial charge in [0.1, 0.15) is 5.82 Å². The summed E-state index contributed by atoms with van der Waals surface area (Å²) in [5.74, 6) is 0.450. The van der Waals surface area contributed by atoms with Crippen molar-refractivity contribution in [3.63, 3.8) is 0 Å². The molecule has 6 nitrogen and oxygen atoms in total. The Bertz CT molecular complexity index is 709. The zero-order valence-corrected chi connectivity index (χ0v) is 12.8. The van der Waals surface area contributed by atoms with Crippen LogP contribution in [0.5, 0.6) is 0 Å². The smallest absolute Gasteiger partial charge is 0.251 e. The quantitative estimate of drug-likeness (QED) is 0.755. The summed E-state index contributed by atoms with van der Waals surface area (Å²) in [6.45, 7) is 2.57. The summed E-state index contributed by atoms with van der Waals surface area (Å²) in [5, 5.41) is 5.76. The molecule has 1 aromatic heterocycles. The second-order valence-corrected chi connectivity index (χ2v) is 4.92. The number of nitrogens with zero attached hydrogens (tertiary/aromatic N) is 1. The molecular formula is C16H20N4O2. The van der Waals surface area contributed by atoms with E-state index in [4.69, 9.17) is 0 Å². The van der Waals surface area contributed by atoms with Crippen LogP contribution >= 0.6 is 0 Å². The van der Waals surface area contributed by atoms with E-state index in [9.17, 15) is 9.59 Å². The molecule has 116 valence electrons. The third kappa shape index (κ3) is 4.26. The molecule has 0 spiro atoms. The predicted molar refractivity (Wildman–Crippen MR) is 86.8 cm³/mol. The number of amides is 1. The van der Waals surface area contributed by atoms with E-state index in [0.29, 0.717) is 30.9 Å². The van der Waals surface area contributed by atoms with Crippen LogP contribution in [0.1, 0.15) is 19.0 Å². The maximum Gasteiger partial charge on any atom is 0.251 e. The van der Waals surface area contributed by atoms with Gasteiger partial charge >= 0.3 is 0 Å². The molecule has 2 aromatic rings. The van der Waals surface area contributed by atoms with Crippen LogP contribution in [0.4, 0.5) is 5.69 Å². The lowest BCUT2D eigenvalue weighted by molar-refractivity contribution is -0.116. The molecule has 1 heterocycles. The third-order valence-corrected chi connectivity index (χ3v) is 3.18. The Morgan fingerprint density at radius 2 is 2.14 bits per heavy atom. The minimum Gasteiger partial charge on any atom is -0.326 e. The van der Waals surface area contributed by atoms with Crippen molar-refractivity contribution in [3.8, 4) is 11.4 Å². The highest BCUT2D eigenvalue weighted by Gasteiger charge is 2.06. The molecule has 0 aliphatic rings. The van der Waals surface area contributed by atoms with E-state index in [1.807, 2.05) is 25.1 Å². The van der Waals surface area contributed by atoms with Crippen molar-refractivity contribution in [3.05, 3.63) is 46.4 Å². The van der Waals surface area contributed by atoms with Gasteiger partial charge in [0, 0.05) is 36.0 Å². The molecule has 3 N–H and O–H groups in total. The first-order chi connectivity index (χ1) is 10.6. The molecule has 0 fully saturated rings. The van der Waals surface area contributed by atoms with E-state index in [2.05, 4.69) is 20.6 Å². The number of carbonyl (C=O) groups is 1. The number of rotatable bonds is 6. The van der Waals surface area contributed by atoms with Crippen molar-refractivity contribution in [2.24, 2.45) is 0 Å². The highest BCUT2D eigenvalue weighted by molar-refractivity contribution is 5.91. The highest BCUT2D eigenvalue weighted by Crippen LogP contribution is 2.19. The Balaban J connectivity index is 2.23. The summed E-state index contributed by atoms with van der Waals surface area (Å²) >= 11 is 0. The van der Waals surface area contributed by atoms with Gasteiger partial charge in [0.05, 0.1) is 0 Å². The van der Waals surface area contributed by atoms with Gasteiger partial charge in [-0.3, -0.25) is 9.59 Å². The summed E-state index contributed by atoms with van der Waals surface area (Å²) < 4.78 is 0. The molecule has 1 aromatic carbocycles. The number of aromatic nitrogens is 2. The lowest BCUT2D eigenvalue weighted by Crippen LogP contribution is -2.18. The molecule has 1 amide bonds. The van der Waals surface area contributed by atoms with Crippen LogP contribution < -0.4 is 16.2 Å². The molecule has 0 radical (unpaired) electrons. The van der Waals surface area contributed by atoms with Gasteiger partial charge < -0.3 is 15.6 Å². The van der Waals surface area contributed by atoms with Gasteiger partial charge in [-0.1, -0.05) is 19.1 Å². The summed E-state index contributed by atoms with van der Waals surface area (Å²) in [5.41, 5.74) is 2.01. The minimum atomic E-state index is -0.176. The van der Waals surface area contributed by atoms with Crippen molar-refractivity contribution >= 4 is 11.6 Å². The second-order valence-electron chi connectivity index (χ2n) is 4.92. The second kappa shape index (κ2) is 7.51. The van der Waals surface area contributed by atoms with Gasteiger partial charge in [-0.15, -0.1) is 0 Å². The van der Waals surface area contributed by atoms with E-state index < -0.39 is 0 Å². The molecule has 0 aliphatic carbocycles. The summed E-state index contributed by atoms with van der Waals surface area (Å²) in [4.78, 5) is 30.5. The van der Waals surface area contributed by atoms with E-state index >= 15 is 0 Å². The molecular weight excluding hydrogens is 280 g/mol. The summed E-state index contributed by atoms with van der Waals surface area (Å²) in [6.07, 6.45) is 1.10. The third-order valence-electron chi connectivity index (χ3n) is 3.18. The molecule has 22 heavy (non-hydrogen) atoms. The number of hydrogen-bond acceptors (Lipinski definition) is 4. The van der Waals surface area contributed by atoms with Crippen LogP contribution in [0, 0.1) is 0 Å². The number of H-pyrrole nitrogens is 1. The number of hydrogen-bond donors (Lipinski definition) is 3. The van der Waals surface area contributed by atoms with Crippen molar-refractivity contribution in [1.82, 2.24) is 15.3 Å². The highest BCUT2D eigenvalue weighted by atomic mass is 16.1. The number of carbonyl (C=O) groups excluding carboxylic acids is 1. The molecule has 0 saturated heterocycles. The lowest BCUT2D eigenvalue weighted by atomic mass is 10.1. The summed E-state index contributed by atoms with van der Waals surface area (Å²) in [7, 11) is 1.80. The Morgan fingerprint density at radius 1 is 1.32 bits per heavy atom. The van der Waals surface area contributed by atoms with Gasteiger partial charge in [-0.25, -0.2) is 4.98 Å². The van der Waals surface area contributed by atoms with E-state index in [1.165, 1.54) is 6.07 Å². The first kappa shape index (κ1) is 15.9. The number of aryl methyl sites for hydroxylation is 1. The van der Waals surface area contributed by atoms with Gasteiger partial charge in [0.15, 0.2) is 0 Å². The van der Waals surface area contributed by atoms with Crippen LogP contribution in [0.3, 0.4) is 0 Å². The van der Waals surface area contributed by atoms with Crippen molar-refractivity contribution in [2.75, 3.05) is 18.9 Å². The maximum atomic E-state index is 11.7. The first-order valence-electron chi connectivity index (χ1n) is 7.27. The van der Waals surface area contributed by atoms with Gasteiger partial charge in [0.2, 0.25) is 5.91 Å². The fourth-order valence-electron chi connectivity index (χ4n) is 2.03. The molecule has 0 unspecified atom stereocenters. The van der Waals surface area contributed by atoms with Crippen molar-refractivity contribution in [2.45, 2.75) is 19.8 Å². The number of benzene rings is 1. The molecule has 0 aliphatic heterocycles. The standard InChI is InChI=1S/C16H20N4O2/c1-3-12-10-15(22)20-16(19-12)11-5-4-6-13(9-11)18-14(21)7-8-17-2/h4-6,9-10,17H,3,7-8H2,1-2H3,(H,18,21)(H,19,20,22). The van der Waals surface area contributed by atoms with Gasteiger partial charge in [0.25, 0.3) is 5.56 Å². The van der Waals surface area contributed by atoms with Gasteiger partial charge in [-0.05, 0) is 25.6 Å². The monoisotopic (exact) mass is 300 g/mol. The molecule has 0 saturated carbocycles. The number of nitrogens with one attached hydrogen (secondary N) is 3. The maximum absolute atomic E-state index is 11.7. The van der Waals surface area contributed by atoms with Gasteiger partial charge in [-0.2, -0.15) is 0 Å². The van der Waals surface area contributed by atoms with Crippen LogP contribution in [-0.4, -0.2) is 29.5 Å². The van der Waals surface area contributed by atoms with E-state index in [0.717, 1.165) is 11.3 Å². The zero-order chi connectivity index (χ0) is 15.9. The molecule has 6 heteroatoms. The average Bonchev–Trinajstić information content (AvgIpc) is 2.52. The molecule has 2 rings (SSSR count). The number of anilines is 1. The lowest BCUT2D eigenvalue weighted by Gasteiger charge is -2.08. The Labute approximate surface area is 129 Å². The zero-order valence-electron chi connectivity index (χ0n) is 12.8. The SMILES string of the molecule is CCc1cc(=O)[nH]c(-c2cccc(NC(=O)CCNC)c2)n1. The number of aromatic amines is 1. The normalized spacial score (nSPS) is 10.5. The van der Waals surface area contributed by atoms with Crippen molar-refractivity contribution < 1.29 is 4.79 Å². The van der Waals surface area contributed by atoms with E-state index in [1.54, 1.807) is 13.1 Å². The first-order valence-corrected chi connectivity index (χ1v) is 7.27. The fourth-order valence-corrected chi connectivity index (χ4v) is 2.03.